The Hall–Kier alpha value is -2.53. The van der Waals surface area contributed by atoms with Crippen LogP contribution in [0, 0.1) is 0 Å². The molecule has 0 heterocycles. The van der Waals surface area contributed by atoms with E-state index in [0.29, 0.717) is 6.54 Å². The maximum atomic E-state index is 12.5. The molecule has 2 N–H and O–H groups in total. The summed E-state index contributed by atoms with van der Waals surface area (Å²) in [5, 5.41) is 12.8. The van der Waals surface area contributed by atoms with Crippen molar-refractivity contribution in [3.63, 3.8) is 0 Å². The quantitative estimate of drug-likeness (QED) is 0.803. The fraction of sp³-hybridized carbons (Fsp3) is 0.350. The van der Waals surface area contributed by atoms with Crippen LogP contribution in [-0.4, -0.2) is 41.1 Å². The zero-order valence-electron chi connectivity index (χ0n) is 15.2. The average molecular weight is 341 g/mol. The summed E-state index contributed by atoms with van der Waals surface area (Å²) in [5.41, 5.74) is 2.63. The Bertz CT molecular complexity index is 699. The number of carbonyl (C=O) groups excluding carboxylic acids is 1. The van der Waals surface area contributed by atoms with Gasteiger partial charge in [-0.05, 0) is 30.8 Å². The number of nitrogens with zero attached hydrogens (tertiary/aromatic N) is 2. The molecule has 2 amide bonds. The van der Waals surface area contributed by atoms with E-state index in [0.717, 1.165) is 36.4 Å². The zero-order chi connectivity index (χ0) is 18.2. The van der Waals surface area contributed by atoms with Crippen molar-refractivity contribution in [2.45, 2.75) is 26.9 Å². The number of hydrogen-bond donors (Lipinski definition) is 2. The molecule has 0 saturated carbocycles. The highest BCUT2D eigenvalue weighted by atomic mass is 16.3. The van der Waals surface area contributed by atoms with Crippen molar-refractivity contribution in [1.82, 2.24) is 9.80 Å². The minimum Gasteiger partial charge on any atom is -0.508 e. The molecule has 5 heteroatoms. The van der Waals surface area contributed by atoms with E-state index in [-0.39, 0.29) is 11.8 Å². The molecule has 0 radical (unpaired) electrons. The van der Waals surface area contributed by atoms with Crippen molar-refractivity contribution in [3.8, 4) is 5.75 Å². The number of benzene rings is 2. The number of aromatic hydroxyl groups is 1. The molecule has 0 atom stereocenters. The Morgan fingerprint density at radius 3 is 2.20 bits per heavy atom. The summed E-state index contributed by atoms with van der Waals surface area (Å²) in [6, 6.07) is 14.7. The van der Waals surface area contributed by atoms with Gasteiger partial charge < -0.3 is 15.3 Å². The third-order valence-corrected chi connectivity index (χ3v) is 4.29. The normalized spacial score (nSPS) is 10.7. The van der Waals surface area contributed by atoms with Gasteiger partial charge in [0, 0.05) is 24.8 Å². The third-order valence-electron chi connectivity index (χ3n) is 4.29. The van der Waals surface area contributed by atoms with E-state index in [1.54, 1.807) is 24.1 Å². The third kappa shape index (κ3) is 5.22. The first-order valence-electron chi connectivity index (χ1n) is 8.64. The first-order chi connectivity index (χ1) is 12.0. The van der Waals surface area contributed by atoms with Crippen molar-refractivity contribution < 1.29 is 9.90 Å². The molecule has 0 saturated heterocycles. The highest BCUT2D eigenvalue weighted by Gasteiger charge is 2.14. The minimum atomic E-state index is -0.199. The van der Waals surface area contributed by atoms with Crippen LogP contribution in [-0.2, 0) is 13.1 Å². The number of para-hydroxylation sites is 2. The molecule has 0 bridgehead atoms. The Morgan fingerprint density at radius 2 is 1.56 bits per heavy atom. The van der Waals surface area contributed by atoms with Crippen LogP contribution >= 0.6 is 0 Å². The molecule has 0 aliphatic carbocycles. The second kappa shape index (κ2) is 9.08. The average Bonchev–Trinajstić information content (AvgIpc) is 2.62. The minimum absolute atomic E-state index is 0.198. The summed E-state index contributed by atoms with van der Waals surface area (Å²) in [5.74, 6) is 0.198. The van der Waals surface area contributed by atoms with Crippen LogP contribution in [0.5, 0.6) is 5.75 Å². The summed E-state index contributed by atoms with van der Waals surface area (Å²) >= 11 is 0. The summed E-state index contributed by atoms with van der Waals surface area (Å²) in [7, 11) is 1.72. The molecule has 5 nitrogen and oxygen atoms in total. The molecule has 0 aliphatic heterocycles. The van der Waals surface area contributed by atoms with Gasteiger partial charge in [0.1, 0.15) is 5.75 Å². The van der Waals surface area contributed by atoms with Gasteiger partial charge >= 0.3 is 6.03 Å². The fourth-order valence-electron chi connectivity index (χ4n) is 2.65. The molecule has 0 unspecified atom stereocenters. The predicted octanol–water partition coefficient (Wildman–Crippen LogP) is 3.90. The van der Waals surface area contributed by atoms with Crippen LogP contribution < -0.4 is 5.32 Å². The molecule has 0 spiro atoms. The van der Waals surface area contributed by atoms with Gasteiger partial charge in [0.2, 0.25) is 0 Å². The number of urea groups is 1. The summed E-state index contributed by atoms with van der Waals surface area (Å²) in [6.07, 6.45) is 0. The topological polar surface area (TPSA) is 55.8 Å². The van der Waals surface area contributed by atoms with Gasteiger partial charge in [-0.15, -0.1) is 0 Å². The molecule has 0 aliphatic rings. The van der Waals surface area contributed by atoms with Crippen LogP contribution in [0.25, 0.3) is 0 Å². The van der Waals surface area contributed by atoms with Gasteiger partial charge in [-0.1, -0.05) is 50.2 Å². The largest absolute Gasteiger partial charge is 0.508 e. The summed E-state index contributed by atoms with van der Waals surface area (Å²) < 4.78 is 0. The van der Waals surface area contributed by atoms with Crippen LogP contribution in [0.15, 0.2) is 48.5 Å². The number of anilines is 1. The molecular formula is C20H27N3O2. The Kier molecular flexibility index (Phi) is 6.83. The standard InChI is InChI=1S/C20H27N3O2/c1-4-23(5-2)15-16-10-6-8-12-18(16)21-20(25)22(3)14-17-11-7-9-13-19(17)24/h6-13,24H,4-5,14-15H2,1-3H3,(H,21,25). The number of carbonyl (C=O) groups is 1. The molecular weight excluding hydrogens is 314 g/mol. The van der Waals surface area contributed by atoms with Gasteiger partial charge in [0.15, 0.2) is 0 Å². The van der Waals surface area contributed by atoms with E-state index in [1.165, 1.54) is 0 Å². The van der Waals surface area contributed by atoms with Crippen molar-refractivity contribution in [2.75, 3.05) is 25.5 Å². The van der Waals surface area contributed by atoms with Gasteiger partial charge in [0.05, 0.1) is 6.54 Å². The first kappa shape index (κ1) is 18.8. The van der Waals surface area contributed by atoms with Crippen molar-refractivity contribution in [2.24, 2.45) is 0 Å². The van der Waals surface area contributed by atoms with E-state index in [9.17, 15) is 9.90 Å². The van der Waals surface area contributed by atoms with E-state index in [4.69, 9.17) is 0 Å². The maximum absolute atomic E-state index is 12.5. The molecule has 25 heavy (non-hydrogen) atoms. The number of nitrogens with one attached hydrogen (secondary N) is 1. The highest BCUT2D eigenvalue weighted by Crippen LogP contribution is 2.20. The van der Waals surface area contributed by atoms with Gasteiger partial charge in [0.25, 0.3) is 0 Å². The van der Waals surface area contributed by atoms with E-state index in [1.807, 2.05) is 36.4 Å². The smallest absolute Gasteiger partial charge is 0.321 e. The Balaban J connectivity index is 2.06. The van der Waals surface area contributed by atoms with Crippen LogP contribution in [0.1, 0.15) is 25.0 Å². The van der Waals surface area contributed by atoms with Crippen molar-refractivity contribution >= 4 is 11.7 Å². The summed E-state index contributed by atoms with van der Waals surface area (Å²) in [6.45, 7) is 7.33. The second-order valence-corrected chi connectivity index (χ2v) is 6.03. The predicted molar refractivity (Wildman–Crippen MR) is 102 cm³/mol. The molecule has 2 aromatic carbocycles. The van der Waals surface area contributed by atoms with Crippen LogP contribution in [0.3, 0.4) is 0 Å². The monoisotopic (exact) mass is 341 g/mol. The van der Waals surface area contributed by atoms with Crippen molar-refractivity contribution in [1.29, 1.82) is 0 Å². The number of phenols is 1. The SMILES string of the molecule is CCN(CC)Cc1ccccc1NC(=O)N(C)Cc1ccccc1O. The van der Waals surface area contributed by atoms with Crippen molar-refractivity contribution in [3.05, 3.63) is 59.7 Å². The molecule has 2 rings (SSSR count). The lowest BCUT2D eigenvalue weighted by Gasteiger charge is -2.22. The first-order valence-corrected chi connectivity index (χ1v) is 8.64. The van der Waals surface area contributed by atoms with Crippen LogP contribution in [0.4, 0.5) is 10.5 Å². The highest BCUT2D eigenvalue weighted by molar-refractivity contribution is 5.90. The number of rotatable bonds is 7. The molecule has 2 aromatic rings. The van der Waals surface area contributed by atoms with Gasteiger partial charge in [-0.2, -0.15) is 0 Å². The second-order valence-electron chi connectivity index (χ2n) is 6.03. The van der Waals surface area contributed by atoms with Gasteiger partial charge in [-0.25, -0.2) is 4.79 Å². The van der Waals surface area contributed by atoms with Gasteiger partial charge in [-0.3, -0.25) is 4.90 Å². The Morgan fingerprint density at radius 1 is 0.960 bits per heavy atom. The summed E-state index contributed by atoms with van der Waals surface area (Å²) in [4.78, 5) is 16.4. The van der Waals surface area contributed by atoms with E-state index < -0.39 is 0 Å². The molecule has 134 valence electrons. The van der Waals surface area contributed by atoms with E-state index in [2.05, 4.69) is 24.1 Å². The maximum Gasteiger partial charge on any atom is 0.321 e. The molecule has 0 aromatic heterocycles. The number of hydrogen-bond acceptors (Lipinski definition) is 3. The lowest BCUT2D eigenvalue weighted by Crippen LogP contribution is -2.31. The van der Waals surface area contributed by atoms with E-state index >= 15 is 0 Å². The zero-order valence-corrected chi connectivity index (χ0v) is 15.2. The number of amides is 2. The lowest BCUT2D eigenvalue weighted by molar-refractivity contribution is 0.220. The fourth-order valence-corrected chi connectivity index (χ4v) is 2.65. The number of phenolic OH excluding ortho intramolecular Hbond substituents is 1. The lowest BCUT2D eigenvalue weighted by atomic mass is 10.1. The van der Waals surface area contributed by atoms with Crippen LogP contribution in [0.2, 0.25) is 0 Å². The Labute approximate surface area is 149 Å². The molecule has 0 fully saturated rings.